The molecule has 0 fully saturated rings. The monoisotopic (exact) mass is 437 g/mol. The maximum Gasteiger partial charge on any atom is 0.0715 e. The average Bonchev–Trinajstić information content (AvgIpc) is 2.85. The second-order valence-electron chi connectivity index (χ2n) is 8.78. The third-order valence-corrected chi connectivity index (χ3v) is 5.31. The normalized spacial score (nSPS) is 14.3. The van der Waals surface area contributed by atoms with Gasteiger partial charge in [0, 0.05) is 5.56 Å². The van der Waals surface area contributed by atoms with Gasteiger partial charge in [-0.2, -0.15) is 0 Å². The Morgan fingerprint density at radius 3 is 1.76 bits per heavy atom. The number of nitrogens with zero attached hydrogens (tertiary/aromatic N) is 1. The van der Waals surface area contributed by atoms with Gasteiger partial charge in [-0.3, -0.25) is 0 Å². The molecule has 3 aromatic rings. The minimum Gasteiger partial charge on any atom is -0.248 e. The second kappa shape index (κ2) is 12.7. The Balaban J connectivity index is 0.000000582. The number of allylic oxidation sites excluding steroid dienone is 6. The summed E-state index contributed by atoms with van der Waals surface area (Å²) < 4.78 is 0. The molecule has 0 aliphatic heterocycles. The summed E-state index contributed by atoms with van der Waals surface area (Å²) >= 11 is 0. The number of aromatic nitrogens is 1. The third-order valence-electron chi connectivity index (χ3n) is 5.31. The summed E-state index contributed by atoms with van der Waals surface area (Å²) in [5, 5.41) is 0. The van der Waals surface area contributed by atoms with Gasteiger partial charge in [0.25, 0.3) is 0 Å². The molecule has 0 bridgehead atoms. The van der Waals surface area contributed by atoms with Crippen molar-refractivity contribution in [1.29, 1.82) is 0 Å². The van der Waals surface area contributed by atoms with E-state index in [9.17, 15) is 0 Å². The van der Waals surface area contributed by atoms with Crippen molar-refractivity contribution in [3.63, 3.8) is 0 Å². The summed E-state index contributed by atoms with van der Waals surface area (Å²) in [7, 11) is 0. The first kappa shape index (κ1) is 26.1. The second-order valence-corrected chi connectivity index (χ2v) is 8.78. The minimum absolute atomic E-state index is 0.158. The molecule has 0 radical (unpaired) electrons. The fraction of sp³-hybridized carbons (Fsp3) is 0.281. The van der Waals surface area contributed by atoms with Crippen LogP contribution in [0.3, 0.4) is 0 Å². The van der Waals surface area contributed by atoms with E-state index < -0.39 is 0 Å². The first-order valence-corrected chi connectivity index (χ1v) is 12.0. The summed E-state index contributed by atoms with van der Waals surface area (Å²) in [6.07, 6.45) is 9.75. The predicted molar refractivity (Wildman–Crippen MR) is 147 cm³/mol. The van der Waals surface area contributed by atoms with E-state index in [0.717, 1.165) is 23.4 Å². The molecule has 0 spiro atoms. The summed E-state index contributed by atoms with van der Waals surface area (Å²) in [5.41, 5.74) is 8.41. The topological polar surface area (TPSA) is 12.9 Å². The van der Waals surface area contributed by atoms with Crippen molar-refractivity contribution in [2.75, 3.05) is 0 Å². The smallest absolute Gasteiger partial charge is 0.0715 e. The summed E-state index contributed by atoms with van der Waals surface area (Å²) in [5.74, 6) is 0. The van der Waals surface area contributed by atoms with E-state index in [1.807, 2.05) is 45.9 Å². The first-order valence-electron chi connectivity index (χ1n) is 12.0. The highest BCUT2D eigenvalue weighted by molar-refractivity contribution is 5.80. The van der Waals surface area contributed by atoms with Crippen LogP contribution in [0.4, 0.5) is 0 Å². The molecule has 0 saturated heterocycles. The van der Waals surface area contributed by atoms with E-state index in [2.05, 4.69) is 99.7 Å². The maximum absolute atomic E-state index is 5.04. The average molecular weight is 438 g/mol. The lowest BCUT2D eigenvalue weighted by Gasteiger charge is -2.26. The predicted octanol–water partition coefficient (Wildman–Crippen LogP) is 9.78. The molecule has 1 heteroatoms. The highest BCUT2D eigenvalue weighted by atomic mass is 14.7. The zero-order chi connectivity index (χ0) is 24.3. The highest BCUT2D eigenvalue weighted by Gasteiger charge is 2.22. The molecule has 0 amide bonds. The van der Waals surface area contributed by atoms with E-state index >= 15 is 0 Å². The first-order chi connectivity index (χ1) is 15.9. The Morgan fingerprint density at radius 2 is 1.24 bits per heavy atom. The summed E-state index contributed by atoms with van der Waals surface area (Å²) in [4.78, 5) is 5.04. The SMILES string of the molecule is C/C=C\C.CC.CC1=CC(c2cc(-c3ccccc3)cc(-c3ccccc3)n2)=CC(C)(C)C1. The molecule has 33 heavy (non-hydrogen) atoms. The van der Waals surface area contributed by atoms with E-state index in [4.69, 9.17) is 4.98 Å². The van der Waals surface area contributed by atoms with Gasteiger partial charge in [0.2, 0.25) is 0 Å². The molecular formula is C32H39N. The fourth-order valence-electron chi connectivity index (χ4n) is 3.93. The van der Waals surface area contributed by atoms with Gasteiger partial charge < -0.3 is 0 Å². The number of hydrogen-bond acceptors (Lipinski definition) is 1. The van der Waals surface area contributed by atoms with Crippen molar-refractivity contribution in [3.05, 3.63) is 108 Å². The van der Waals surface area contributed by atoms with Crippen LogP contribution in [0.2, 0.25) is 0 Å². The highest BCUT2D eigenvalue weighted by Crippen LogP contribution is 2.37. The lowest BCUT2D eigenvalue weighted by atomic mass is 9.79. The van der Waals surface area contributed by atoms with Crippen LogP contribution in [0.1, 0.15) is 60.6 Å². The van der Waals surface area contributed by atoms with Gasteiger partial charge >= 0.3 is 0 Å². The number of hydrogen-bond donors (Lipinski definition) is 0. The lowest BCUT2D eigenvalue weighted by Crippen LogP contribution is -2.12. The molecule has 1 aromatic heterocycles. The number of pyridine rings is 1. The van der Waals surface area contributed by atoms with E-state index in [1.54, 1.807) is 0 Å². The van der Waals surface area contributed by atoms with Crippen molar-refractivity contribution in [1.82, 2.24) is 4.98 Å². The summed E-state index contributed by atoms with van der Waals surface area (Å²) in [6.45, 7) is 14.8. The zero-order valence-corrected chi connectivity index (χ0v) is 21.4. The lowest BCUT2D eigenvalue weighted by molar-refractivity contribution is 0.472. The Hall–Kier alpha value is -3.19. The zero-order valence-electron chi connectivity index (χ0n) is 21.4. The molecule has 1 aliphatic rings. The Kier molecular flexibility index (Phi) is 10.1. The van der Waals surface area contributed by atoms with Crippen LogP contribution in [0.5, 0.6) is 0 Å². The Bertz CT molecular complexity index is 1020. The molecule has 172 valence electrons. The van der Waals surface area contributed by atoms with Crippen molar-refractivity contribution >= 4 is 5.57 Å². The number of rotatable bonds is 3. The molecule has 1 heterocycles. The van der Waals surface area contributed by atoms with Gasteiger partial charge in [-0.05, 0) is 61.4 Å². The quantitative estimate of drug-likeness (QED) is 0.371. The van der Waals surface area contributed by atoms with Gasteiger partial charge in [0.05, 0.1) is 11.4 Å². The number of benzene rings is 2. The Labute approximate surface area is 201 Å². The minimum atomic E-state index is 0.158. The molecule has 0 atom stereocenters. The molecule has 1 nitrogen and oxygen atoms in total. The largest absolute Gasteiger partial charge is 0.248 e. The van der Waals surface area contributed by atoms with Crippen molar-refractivity contribution < 1.29 is 0 Å². The van der Waals surface area contributed by atoms with Gasteiger partial charge in [0.15, 0.2) is 0 Å². The van der Waals surface area contributed by atoms with Crippen LogP contribution in [0.25, 0.3) is 28.0 Å². The van der Waals surface area contributed by atoms with Crippen molar-refractivity contribution in [3.8, 4) is 22.4 Å². The maximum atomic E-state index is 5.04. The molecular weight excluding hydrogens is 398 g/mol. The molecule has 4 rings (SSSR count). The van der Waals surface area contributed by atoms with Gasteiger partial charge in [-0.15, -0.1) is 0 Å². The van der Waals surface area contributed by atoms with E-state index in [0.29, 0.717) is 0 Å². The molecule has 0 N–H and O–H groups in total. The summed E-state index contributed by atoms with van der Waals surface area (Å²) in [6, 6.07) is 25.4. The van der Waals surface area contributed by atoms with Crippen LogP contribution in [0.15, 0.2) is 103 Å². The fourth-order valence-corrected chi connectivity index (χ4v) is 3.93. The van der Waals surface area contributed by atoms with E-state index in [-0.39, 0.29) is 5.41 Å². The van der Waals surface area contributed by atoms with Crippen molar-refractivity contribution in [2.45, 2.75) is 54.9 Å². The molecule has 0 saturated carbocycles. The van der Waals surface area contributed by atoms with Crippen LogP contribution in [0, 0.1) is 5.41 Å². The Morgan fingerprint density at radius 1 is 0.727 bits per heavy atom. The van der Waals surface area contributed by atoms with Crippen LogP contribution in [-0.4, -0.2) is 4.98 Å². The van der Waals surface area contributed by atoms with Gasteiger partial charge in [-0.1, -0.05) is 118 Å². The van der Waals surface area contributed by atoms with Crippen molar-refractivity contribution in [2.24, 2.45) is 5.41 Å². The van der Waals surface area contributed by atoms with E-state index in [1.165, 1.54) is 22.3 Å². The standard InChI is InChI=1S/C26H25N.C4H8.C2H6/c1-19-14-23(18-26(2,3)17-19)25-16-22(20-10-6-4-7-11-20)15-24(27-25)21-12-8-5-9-13-21;1-3-4-2;1-2/h4-16,18H,17H2,1-3H3;3-4H,1-2H3;1-2H3/b;4-3-;. The third kappa shape index (κ3) is 7.71. The molecule has 1 aliphatic carbocycles. The van der Waals surface area contributed by atoms with Crippen LogP contribution >= 0.6 is 0 Å². The van der Waals surface area contributed by atoms with Crippen LogP contribution in [-0.2, 0) is 0 Å². The van der Waals surface area contributed by atoms with Crippen LogP contribution < -0.4 is 0 Å². The van der Waals surface area contributed by atoms with Gasteiger partial charge in [0.1, 0.15) is 0 Å². The van der Waals surface area contributed by atoms with Gasteiger partial charge in [-0.25, -0.2) is 4.98 Å². The molecule has 2 aromatic carbocycles. The molecule has 0 unspecified atom stereocenters.